The molecular weight excluding hydrogens is 178 g/mol. The molecule has 1 aromatic rings. The largest absolute Gasteiger partial charge is 0.496 e. The molecule has 0 unspecified atom stereocenters. The van der Waals surface area contributed by atoms with E-state index in [1.165, 1.54) is 11.1 Å². The second-order valence-corrected chi connectivity index (χ2v) is 3.50. The summed E-state index contributed by atoms with van der Waals surface area (Å²) in [7, 11) is 3.38. The lowest BCUT2D eigenvalue weighted by atomic mass is 9.76. The van der Waals surface area contributed by atoms with E-state index in [1.807, 2.05) is 12.1 Å². The van der Waals surface area contributed by atoms with E-state index in [-0.39, 0.29) is 0 Å². The minimum atomic E-state index is 0.440. The van der Waals surface area contributed by atoms with Crippen molar-refractivity contribution < 1.29 is 9.47 Å². The van der Waals surface area contributed by atoms with E-state index < -0.39 is 0 Å². The van der Waals surface area contributed by atoms with Crippen LogP contribution in [0, 0.1) is 0 Å². The minimum absolute atomic E-state index is 0.440. The monoisotopic (exact) mass is 193 g/mol. The third-order valence-corrected chi connectivity index (χ3v) is 2.86. The van der Waals surface area contributed by atoms with Gasteiger partial charge in [0.2, 0.25) is 0 Å². The molecule has 2 rings (SSSR count). The van der Waals surface area contributed by atoms with Crippen molar-refractivity contribution in [2.45, 2.75) is 12.3 Å². The van der Waals surface area contributed by atoms with Gasteiger partial charge in [-0.2, -0.15) is 0 Å². The van der Waals surface area contributed by atoms with E-state index in [4.69, 9.17) is 15.2 Å². The van der Waals surface area contributed by atoms with Crippen molar-refractivity contribution in [1.82, 2.24) is 0 Å². The third kappa shape index (κ3) is 1.16. The minimum Gasteiger partial charge on any atom is -0.496 e. The van der Waals surface area contributed by atoms with Crippen molar-refractivity contribution in [3.63, 3.8) is 0 Å². The molecule has 76 valence electrons. The number of fused-ring (bicyclic) bond motifs is 1. The van der Waals surface area contributed by atoms with E-state index in [2.05, 4.69) is 0 Å². The normalized spacial score (nSPS) is 18.4. The Morgan fingerprint density at radius 1 is 1.29 bits per heavy atom. The maximum Gasteiger partial charge on any atom is 0.122 e. The summed E-state index contributed by atoms with van der Waals surface area (Å²) in [5.74, 6) is 2.32. The lowest BCUT2D eigenvalue weighted by molar-refractivity contribution is 0.377. The first-order valence-corrected chi connectivity index (χ1v) is 4.75. The molecule has 0 bridgehead atoms. The van der Waals surface area contributed by atoms with Crippen molar-refractivity contribution in [3.8, 4) is 11.5 Å². The number of nitrogens with two attached hydrogens (primary N) is 1. The SMILES string of the molecule is COc1ccc(OC)c2c1C[C@H]2CN. The van der Waals surface area contributed by atoms with Gasteiger partial charge in [0.25, 0.3) is 0 Å². The Balaban J connectivity index is 2.45. The zero-order chi connectivity index (χ0) is 10.1. The highest BCUT2D eigenvalue weighted by atomic mass is 16.5. The van der Waals surface area contributed by atoms with Gasteiger partial charge in [-0.25, -0.2) is 0 Å². The first-order chi connectivity index (χ1) is 6.81. The summed E-state index contributed by atoms with van der Waals surface area (Å²) >= 11 is 0. The summed E-state index contributed by atoms with van der Waals surface area (Å²) in [6, 6.07) is 3.89. The van der Waals surface area contributed by atoms with Crippen molar-refractivity contribution >= 4 is 0 Å². The Kier molecular flexibility index (Phi) is 2.33. The zero-order valence-corrected chi connectivity index (χ0v) is 8.54. The highest BCUT2D eigenvalue weighted by Gasteiger charge is 2.31. The Hall–Kier alpha value is -1.22. The van der Waals surface area contributed by atoms with Gasteiger partial charge in [0.1, 0.15) is 11.5 Å². The highest BCUT2D eigenvalue weighted by molar-refractivity contribution is 5.57. The molecule has 1 aliphatic carbocycles. The summed E-state index contributed by atoms with van der Waals surface area (Å²) < 4.78 is 10.6. The molecule has 0 aromatic heterocycles. The first kappa shape index (κ1) is 9.34. The van der Waals surface area contributed by atoms with Crippen LogP contribution in [-0.4, -0.2) is 20.8 Å². The number of ether oxygens (including phenoxy) is 2. The van der Waals surface area contributed by atoms with Gasteiger partial charge in [0, 0.05) is 17.0 Å². The van der Waals surface area contributed by atoms with Crippen LogP contribution in [0.2, 0.25) is 0 Å². The van der Waals surface area contributed by atoms with E-state index in [1.54, 1.807) is 14.2 Å². The number of methoxy groups -OCH3 is 2. The van der Waals surface area contributed by atoms with Crippen LogP contribution in [0.4, 0.5) is 0 Å². The molecule has 0 aliphatic heterocycles. The molecule has 3 heteroatoms. The number of rotatable bonds is 3. The molecule has 0 saturated heterocycles. The van der Waals surface area contributed by atoms with Crippen LogP contribution in [0.3, 0.4) is 0 Å². The smallest absolute Gasteiger partial charge is 0.122 e. The number of benzene rings is 1. The lowest BCUT2D eigenvalue weighted by Crippen LogP contribution is -2.26. The van der Waals surface area contributed by atoms with Gasteiger partial charge < -0.3 is 15.2 Å². The molecule has 0 radical (unpaired) electrons. The van der Waals surface area contributed by atoms with Crippen molar-refractivity contribution in [2.24, 2.45) is 5.73 Å². The molecule has 0 saturated carbocycles. The average molecular weight is 193 g/mol. The molecule has 0 amide bonds. The van der Waals surface area contributed by atoms with Crippen LogP contribution in [0.15, 0.2) is 12.1 Å². The molecule has 1 aromatic carbocycles. The van der Waals surface area contributed by atoms with Gasteiger partial charge >= 0.3 is 0 Å². The van der Waals surface area contributed by atoms with Gasteiger partial charge in [0.05, 0.1) is 14.2 Å². The number of hydrogen-bond donors (Lipinski definition) is 1. The quantitative estimate of drug-likeness (QED) is 0.787. The fraction of sp³-hybridized carbons (Fsp3) is 0.455. The molecule has 0 fully saturated rings. The fourth-order valence-corrected chi connectivity index (χ4v) is 2.07. The molecule has 0 heterocycles. The summed E-state index contributed by atoms with van der Waals surface area (Å²) in [4.78, 5) is 0. The second kappa shape index (κ2) is 3.50. The van der Waals surface area contributed by atoms with Gasteiger partial charge in [-0.15, -0.1) is 0 Å². The predicted molar refractivity (Wildman–Crippen MR) is 55.0 cm³/mol. The molecule has 1 aliphatic rings. The zero-order valence-electron chi connectivity index (χ0n) is 8.54. The number of hydrogen-bond acceptors (Lipinski definition) is 3. The predicted octanol–water partition coefficient (Wildman–Crippen LogP) is 1.30. The topological polar surface area (TPSA) is 44.5 Å². The standard InChI is InChI=1S/C11H15NO2/c1-13-9-3-4-10(14-2)11-7(6-12)5-8(9)11/h3-4,7H,5-6,12H2,1-2H3/t7-/m0/s1. The summed E-state index contributed by atoms with van der Waals surface area (Å²) in [6.07, 6.45) is 1.01. The lowest BCUT2D eigenvalue weighted by Gasteiger charge is -2.32. The maximum absolute atomic E-state index is 5.67. The summed E-state index contributed by atoms with van der Waals surface area (Å²) in [6.45, 7) is 0.677. The van der Waals surface area contributed by atoms with Gasteiger partial charge in [-0.05, 0) is 25.1 Å². The molecule has 0 spiro atoms. The van der Waals surface area contributed by atoms with Gasteiger partial charge in [-0.3, -0.25) is 0 Å². The molecule has 14 heavy (non-hydrogen) atoms. The van der Waals surface area contributed by atoms with Crippen molar-refractivity contribution in [3.05, 3.63) is 23.3 Å². The van der Waals surface area contributed by atoms with Crippen LogP contribution in [0.25, 0.3) is 0 Å². The average Bonchev–Trinajstić information content (AvgIpc) is 2.19. The summed E-state index contributed by atoms with van der Waals surface area (Å²) in [5, 5.41) is 0. The van der Waals surface area contributed by atoms with E-state index in [9.17, 15) is 0 Å². The van der Waals surface area contributed by atoms with E-state index >= 15 is 0 Å². The van der Waals surface area contributed by atoms with E-state index in [0.29, 0.717) is 12.5 Å². The maximum atomic E-state index is 5.67. The van der Waals surface area contributed by atoms with E-state index in [0.717, 1.165) is 17.9 Å². The third-order valence-electron chi connectivity index (χ3n) is 2.86. The molecule has 3 nitrogen and oxygen atoms in total. The van der Waals surface area contributed by atoms with Crippen molar-refractivity contribution in [2.75, 3.05) is 20.8 Å². The fourth-order valence-electron chi connectivity index (χ4n) is 2.07. The summed E-state index contributed by atoms with van der Waals surface area (Å²) in [5.41, 5.74) is 8.15. The van der Waals surface area contributed by atoms with Gasteiger partial charge in [0.15, 0.2) is 0 Å². The van der Waals surface area contributed by atoms with Crippen LogP contribution in [-0.2, 0) is 6.42 Å². The molecule has 2 N–H and O–H groups in total. The van der Waals surface area contributed by atoms with Crippen LogP contribution in [0.5, 0.6) is 11.5 Å². The highest BCUT2D eigenvalue weighted by Crippen LogP contribution is 2.45. The molecular formula is C11H15NO2. The second-order valence-electron chi connectivity index (χ2n) is 3.50. The van der Waals surface area contributed by atoms with Crippen LogP contribution in [0.1, 0.15) is 17.0 Å². The Labute approximate surface area is 83.8 Å². The van der Waals surface area contributed by atoms with Crippen LogP contribution >= 0.6 is 0 Å². The van der Waals surface area contributed by atoms with Gasteiger partial charge in [-0.1, -0.05) is 0 Å². The Morgan fingerprint density at radius 2 is 1.93 bits per heavy atom. The Morgan fingerprint density at radius 3 is 2.50 bits per heavy atom. The molecule has 1 atom stereocenters. The first-order valence-electron chi connectivity index (χ1n) is 4.75. The van der Waals surface area contributed by atoms with Crippen molar-refractivity contribution in [1.29, 1.82) is 0 Å². The van der Waals surface area contributed by atoms with Crippen LogP contribution < -0.4 is 15.2 Å². The Bertz CT molecular complexity index is 349.